The number of hydrogen-bond acceptors (Lipinski definition) is 7. The number of nitrogens with zero attached hydrogens (tertiary/aromatic N) is 2. The number of aliphatic hydroxyl groups is 1. The third-order valence-corrected chi connectivity index (χ3v) is 10.8. The molecule has 3 saturated heterocycles. The SMILES string of the molecule is C=CCCC(=O)N[C@H](C)[C@@H](OC(=O)[C@H]1[C@@H]2O[C@@]3(CC2Br)[C@@H]1C(=O)N(CCCCCO)[C@@H]3C(=O)N(CC=C)C(C)CCC)c1ccccc1. The predicted octanol–water partition coefficient (Wildman–Crippen LogP) is 4.86. The number of carbonyl (C=O) groups is 4. The standard InChI is InChI=1S/C37H52BrN3O7/c1-6-9-19-28(43)39-25(5)31(26-17-12-10-13-18-26)47-36(46)29-30-34(44)41(21-14-11-15-22-42)33(37(30)23-27(38)32(29)48-37)35(45)40(20-8-3)24(4)16-7-2/h6,8,10,12-13,17-18,24-25,27,29-33,42H,1,3,7,9,11,14-16,19-23H2,2,4-5H3,(H,39,43)/t24?,25-,27?,29-,30+,31-,32-,33-,37+/m1/s1. The quantitative estimate of drug-likeness (QED) is 0.0903. The van der Waals surface area contributed by atoms with Crippen molar-refractivity contribution in [3.8, 4) is 0 Å². The highest BCUT2D eigenvalue weighted by molar-refractivity contribution is 9.09. The molecule has 48 heavy (non-hydrogen) atoms. The van der Waals surface area contributed by atoms with Gasteiger partial charge in [0.25, 0.3) is 0 Å². The highest BCUT2D eigenvalue weighted by Crippen LogP contribution is 2.60. The smallest absolute Gasteiger partial charge is 0.313 e. The molecule has 2 bridgehead atoms. The average molecular weight is 731 g/mol. The summed E-state index contributed by atoms with van der Waals surface area (Å²) in [6, 6.07) is 7.65. The fourth-order valence-corrected chi connectivity index (χ4v) is 8.73. The Morgan fingerprint density at radius 3 is 2.56 bits per heavy atom. The normalized spacial score (nSPS) is 27.6. The number of rotatable bonds is 19. The molecule has 1 spiro atoms. The van der Waals surface area contributed by atoms with E-state index >= 15 is 0 Å². The maximum absolute atomic E-state index is 14.6. The lowest BCUT2D eigenvalue weighted by Crippen LogP contribution is -2.58. The van der Waals surface area contributed by atoms with Crippen LogP contribution in [0.5, 0.6) is 0 Å². The number of likely N-dealkylation sites (tertiary alicyclic amines) is 1. The van der Waals surface area contributed by atoms with Gasteiger partial charge in [-0.25, -0.2) is 0 Å². The molecule has 4 rings (SSSR count). The Labute approximate surface area is 293 Å². The molecule has 2 unspecified atom stereocenters. The van der Waals surface area contributed by atoms with Crippen LogP contribution in [0.2, 0.25) is 0 Å². The summed E-state index contributed by atoms with van der Waals surface area (Å²) < 4.78 is 13.0. The number of hydrogen-bond donors (Lipinski definition) is 2. The topological polar surface area (TPSA) is 125 Å². The van der Waals surface area contributed by atoms with E-state index in [0.717, 1.165) is 12.8 Å². The third-order valence-electron chi connectivity index (χ3n) is 9.99. The minimum absolute atomic E-state index is 0.0458. The summed E-state index contributed by atoms with van der Waals surface area (Å²) in [6.45, 7) is 14.1. The maximum atomic E-state index is 14.6. The van der Waals surface area contributed by atoms with Crippen LogP contribution < -0.4 is 5.32 Å². The number of allylic oxidation sites excluding steroid dienone is 1. The molecular formula is C37H52BrN3O7. The second-order valence-electron chi connectivity index (χ2n) is 13.3. The summed E-state index contributed by atoms with van der Waals surface area (Å²) in [4.78, 5) is 59.3. The van der Waals surface area contributed by atoms with Gasteiger partial charge in [-0.05, 0) is 57.9 Å². The number of alkyl halides is 1. The lowest BCUT2D eigenvalue weighted by Gasteiger charge is -2.39. The lowest BCUT2D eigenvalue weighted by atomic mass is 9.70. The van der Waals surface area contributed by atoms with E-state index in [1.54, 1.807) is 28.9 Å². The Morgan fingerprint density at radius 1 is 1.19 bits per heavy atom. The van der Waals surface area contributed by atoms with E-state index in [-0.39, 0.29) is 41.6 Å². The second-order valence-corrected chi connectivity index (χ2v) is 14.5. The van der Waals surface area contributed by atoms with Crippen LogP contribution in [-0.2, 0) is 28.7 Å². The van der Waals surface area contributed by atoms with Gasteiger partial charge in [0.05, 0.1) is 24.0 Å². The number of ether oxygens (including phenoxy) is 2. The predicted molar refractivity (Wildman–Crippen MR) is 187 cm³/mol. The monoisotopic (exact) mass is 729 g/mol. The first-order valence-corrected chi connectivity index (χ1v) is 18.3. The number of halogens is 1. The van der Waals surface area contributed by atoms with Gasteiger partial charge in [0.15, 0.2) is 0 Å². The lowest BCUT2D eigenvalue weighted by molar-refractivity contribution is -0.162. The van der Waals surface area contributed by atoms with Crippen molar-refractivity contribution in [1.82, 2.24) is 15.1 Å². The highest BCUT2D eigenvalue weighted by atomic mass is 79.9. The Bertz CT molecular complexity index is 1310. The number of esters is 1. The molecule has 11 heteroatoms. The molecular weight excluding hydrogens is 678 g/mol. The number of unbranched alkanes of at least 4 members (excludes halogenated alkanes) is 2. The van der Waals surface area contributed by atoms with Gasteiger partial charge < -0.3 is 29.7 Å². The first-order valence-electron chi connectivity index (χ1n) is 17.4. The van der Waals surface area contributed by atoms with Crippen molar-refractivity contribution in [1.29, 1.82) is 0 Å². The van der Waals surface area contributed by atoms with E-state index in [2.05, 4.69) is 41.3 Å². The molecule has 3 aliphatic heterocycles. The van der Waals surface area contributed by atoms with Gasteiger partial charge in [-0.15, -0.1) is 13.2 Å². The zero-order valence-electron chi connectivity index (χ0n) is 28.5. The summed E-state index contributed by atoms with van der Waals surface area (Å²) in [7, 11) is 0. The van der Waals surface area contributed by atoms with Gasteiger partial charge in [-0.3, -0.25) is 19.2 Å². The van der Waals surface area contributed by atoms with Gasteiger partial charge in [-0.2, -0.15) is 0 Å². The van der Waals surface area contributed by atoms with Crippen LogP contribution in [0.25, 0.3) is 0 Å². The first-order chi connectivity index (χ1) is 23.1. The van der Waals surface area contributed by atoms with Crippen LogP contribution >= 0.6 is 15.9 Å². The maximum Gasteiger partial charge on any atom is 0.313 e. The zero-order chi connectivity index (χ0) is 35.0. The number of carbonyl (C=O) groups excluding carboxylic acids is 4. The minimum Gasteiger partial charge on any atom is -0.455 e. The largest absolute Gasteiger partial charge is 0.455 e. The molecule has 0 radical (unpaired) electrons. The fraction of sp³-hybridized carbons (Fsp3) is 0.622. The van der Waals surface area contributed by atoms with E-state index in [4.69, 9.17) is 9.47 Å². The van der Waals surface area contributed by atoms with Crippen molar-refractivity contribution < 1.29 is 33.8 Å². The van der Waals surface area contributed by atoms with Crippen LogP contribution in [0.3, 0.4) is 0 Å². The van der Waals surface area contributed by atoms with Gasteiger partial charge in [0.2, 0.25) is 17.7 Å². The zero-order valence-corrected chi connectivity index (χ0v) is 30.1. The van der Waals surface area contributed by atoms with Crippen molar-refractivity contribution in [3.63, 3.8) is 0 Å². The summed E-state index contributed by atoms with van der Waals surface area (Å²) in [5.41, 5.74) is -0.510. The third kappa shape index (κ3) is 7.73. The molecule has 1 aromatic carbocycles. The summed E-state index contributed by atoms with van der Waals surface area (Å²) in [6.07, 6.45) is 6.59. The van der Waals surface area contributed by atoms with Gasteiger partial charge in [0, 0.05) is 37.0 Å². The van der Waals surface area contributed by atoms with Gasteiger partial charge >= 0.3 is 5.97 Å². The minimum atomic E-state index is -1.22. The van der Waals surface area contributed by atoms with E-state index in [0.29, 0.717) is 50.8 Å². The first kappa shape index (κ1) is 37.8. The number of nitrogens with one attached hydrogen (secondary N) is 1. The summed E-state index contributed by atoms with van der Waals surface area (Å²) >= 11 is 3.75. The van der Waals surface area contributed by atoms with Crippen LogP contribution in [0, 0.1) is 11.8 Å². The van der Waals surface area contributed by atoms with Crippen molar-refractivity contribution in [2.45, 2.75) is 113 Å². The summed E-state index contributed by atoms with van der Waals surface area (Å²) in [5.74, 6) is -3.14. The molecule has 264 valence electrons. The van der Waals surface area contributed by atoms with Gasteiger partial charge in [0.1, 0.15) is 17.7 Å². The van der Waals surface area contributed by atoms with Crippen LogP contribution in [-0.4, -0.2) is 93.0 Å². The molecule has 2 N–H and O–H groups in total. The van der Waals surface area contributed by atoms with Crippen LogP contribution in [0.1, 0.15) is 83.8 Å². The second kappa shape index (κ2) is 17.1. The number of amides is 3. The summed E-state index contributed by atoms with van der Waals surface area (Å²) in [5, 5.41) is 12.3. The molecule has 3 heterocycles. The molecule has 9 atom stereocenters. The van der Waals surface area contributed by atoms with Gasteiger partial charge in [-0.1, -0.05) is 71.8 Å². The Kier molecular flexibility index (Phi) is 13.4. The number of fused-ring (bicyclic) bond motifs is 1. The average Bonchev–Trinajstić information content (AvgIpc) is 3.66. The van der Waals surface area contributed by atoms with E-state index in [1.807, 2.05) is 37.3 Å². The molecule has 0 aromatic heterocycles. The van der Waals surface area contributed by atoms with E-state index in [1.165, 1.54) is 0 Å². The Hall–Kier alpha value is -3.02. The molecule has 0 aliphatic carbocycles. The van der Waals surface area contributed by atoms with Crippen molar-refractivity contribution in [2.75, 3.05) is 19.7 Å². The molecule has 3 amide bonds. The van der Waals surface area contributed by atoms with Crippen molar-refractivity contribution in [3.05, 3.63) is 61.2 Å². The Balaban J connectivity index is 1.69. The van der Waals surface area contributed by atoms with E-state index in [9.17, 15) is 24.3 Å². The highest BCUT2D eigenvalue weighted by Gasteiger charge is 2.77. The van der Waals surface area contributed by atoms with Crippen LogP contribution in [0.15, 0.2) is 55.6 Å². The molecule has 3 fully saturated rings. The Morgan fingerprint density at radius 2 is 1.92 bits per heavy atom. The number of benzene rings is 1. The van der Waals surface area contributed by atoms with Crippen LogP contribution in [0.4, 0.5) is 0 Å². The molecule has 3 aliphatic rings. The number of aliphatic hydroxyl groups excluding tert-OH is 1. The molecule has 0 saturated carbocycles. The molecule has 10 nitrogen and oxygen atoms in total. The van der Waals surface area contributed by atoms with E-state index < -0.39 is 47.7 Å². The van der Waals surface area contributed by atoms with Crippen molar-refractivity contribution in [2.24, 2.45) is 11.8 Å². The molecule has 1 aromatic rings. The fourth-order valence-electron chi connectivity index (χ4n) is 7.79. The van der Waals surface area contributed by atoms with Crippen molar-refractivity contribution >= 4 is 39.6 Å².